The van der Waals surface area contributed by atoms with Gasteiger partial charge in [-0.15, -0.1) is 0 Å². The van der Waals surface area contributed by atoms with Crippen molar-refractivity contribution in [1.29, 1.82) is 0 Å². The summed E-state index contributed by atoms with van der Waals surface area (Å²) in [5.74, 6) is 0.346. The lowest BCUT2D eigenvalue weighted by Crippen LogP contribution is -2.43. The Hall–Kier alpha value is -0.950. The van der Waals surface area contributed by atoms with E-state index in [0.29, 0.717) is 13.1 Å². The molecular weight excluding hydrogens is 312 g/mol. The number of benzene rings is 1. The number of aliphatic hydroxyl groups excluding tert-OH is 1. The molecule has 0 spiro atoms. The minimum atomic E-state index is -2.96. The van der Waals surface area contributed by atoms with Crippen molar-refractivity contribution in [2.75, 3.05) is 24.6 Å². The summed E-state index contributed by atoms with van der Waals surface area (Å²) >= 11 is 0. The molecule has 1 heterocycles. The van der Waals surface area contributed by atoms with Crippen molar-refractivity contribution in [2.45, 2.75) is 45.0 Å². The molecule has 1 aliphatic rings. The van der Waals surface area contributed by atoms with E-state index in [-0.39, 0.29) is 29.7 Å². The molecule has 0 radical (unpaired) electrons. The van der Waals surface area contributed by atoms with Gasteiger partial charge in [-0.2, -0.15) is 0 Å². The summed E-state index contributed by atoms with van der Waals surface area (Å²) in [4.78, 5) is 2.27. The fourth-order valence-electron chi connectivity index (χ4n) is 3.08. The maximum Gasteiger partial charge on any atom is 0.151 e. The molecule has 5 nitrogen and oxygen atoms in total. The minimum Gasteiger partial charge on any atom is -0.392 e. The van der Waals surface area contributed by atoms with Gasteiger partial charge < -0.3 is 10.4 Å². The quantitative estimate of drug-likeness (QED) is 0.740. The Kier molecular flexibility index (Phi) is 6.59. The highest BCUT2D eigenvalue weighted by molar-refractivity contribution is 7.91. The van der Waals surface area contributed by atoms with Crippen molar-refractivity contribution >= 4 is 9.84 Å². The largest absolute Gasteiger partial charge is 0.392 e. The van der Waals surface area contributed by atoms with Crippen LogP contribution in [-0.2, 0) is 16.4 Å². The third-order valence-corrected chi connectivity index (χ3v) is 6.27. The zero-order valence-corrected chi connectivity index (χ0v) is 14.8. The molecule has 1 saturated heterocycles. The van der Waals surface area contributed by atoms with Gasteiger partial charge in [-0.25, -0.2) is 8.42 Å². The first-order chi connectivity index (χ1) is 10.9. The molecule has 0 aromatic heterocycles. The lowest BCUT2D eigenvalue weighted by molar-refractivity contribution is 0.172. The average Bonchev–Trinajstić information content (AvgIpc) is 2.85. The van der Waals surface area contributed by atoms with E-state index in [2.05, 4.69) is 22.3 Å². The van der Waals surface area contributed by atoms with Crippen molar-refractivity contribution in [3.05, 3.63) is 35.9 Å². The van der Waals surface area contributed by atoms with Crippen LogP contribution < -0.4 is 5.32 Å². The highest BCUT2D eigenvalue weighted by atomic mass is 32.2. The number of nitrogens with zero attached hydrogens (tertiary/aromatic N) is 1. The maximum atomic E-state index is 11.7. The number of aliphatic hydroxyl groups is 1. The van der Waals surface area contributed by atoms with Crippen LogP contribution in [0, 0.1) is 0 Å². The summed E-state index contributed by atoms with van der Waals surface area (Å²) in [7, 11) is -2.96. The van der Waals surface area contributed by atoms with Gasteiger partial charge in [0, 0.05) is 37.5 Å². The molecule has 0 saturated carbocycles. The first kappa shape index (κ1) is 18.4. The van der Waals surface area contributed by atoms with Crippen molar-refractivity contribution in [2.24, 2.45) is 0 Å². The Bertz CT molecular complexity index is 577. The van der Waals surface area contributed by atoms with Crippen LogP contribution in [-0.4, -0.2) is 61.2 Å². The second-order valence-corrected chi connectivity index (χ2v) is 8.86. The number of hydrogen-bond donors (Lipinski definition) is 2. The normalized spacial score (nSPS) is 24.0. The number of β-amino-alcohol motifs (C(OH)–C–C–N with tert-alkyl or cyclic N) is 1. The van der Waals surface area contributed by atoms with Crippen molar-refractivity contribution in [3.8, 4) is 0 Å². The van der Waals surface area contributed by atoms with Crippen LogP contribution in [0.4, 0.5) is 0 Å². The van der Waals surface area contributed by atoms with Gasteiger partial charge in [0.25, 0.3) is 0 Å². The molecule has 0 bridgehead atoms. The average molecular weight is 340 g/mol. The Morgan fingerprint density at radius 3 is 2.70 bits per heavy atom. The predicted molar refractivity (Wildman–Crippen MR) is 93.1 cm³/mol. The highest BCUT2D eigenvalue weighted by Crippen LogP contribution is 2.20. The second kappa shape index (κ2) is 8.24. The molecule has 1 aliphatic heterocycles. The molecule has 0 amide bonds. The second-order valence-electron chi connectivity index (χ2n) is 6.47. The lowest BCUT2D eigenvalue weighted by atomic mass is 10.1. The van der Waals surface area contributed by atoms with Crippen LogP contribution in [0.1, 0.15) is 25.8 Å². The first-order valence-corrected chi connectivity index (χ1v) is 10.1. The Labute approximate surface area is 139 Å². The third-order valence-electron chi connectivity index (χ3n) is 4.38. The van der Waals surface area contributed by atoms with Gasteiger partial charge in [-0.3, -0.25) is 4.90 Å². The van der Waals surface area contributed by atoms with Gasteiger partial charge in [0.05, 0.1) is 11.9 Å². The molecule has 3 atom stereocenters. The van der Waals surface area contributed by atoms with E-state index in [1.54, 1.807) is 6.92 Å². The maximum absolute atomic E-state index is 11.7. The molecule has 130 valence electrons. The van der Waals surface area contributed by atoms with Gasteiger partial charge in [0.15, 0.2) is 9.84 Å². The highest BCUT2D eigenvalue weighted by Gasteiger charge is 2.31. The molecular formula is C17H28N2O3S. The lowest BCUT2D eigenvalue weighted by Gasteiger charge is -2.26. The van der Waals surface area contributed by atoms with E-state index in [0.717, 1.165) is 13.0 Å². The Morgan fingerprint density at radius 2 is 2.04 bits per heavy atom. The van der Waals surface area contributed by atoms with E-state index in [9.17, 15) is 13.5 Å². The smallest absolute Gasteiger partial charge is 0.151 e. The van der Waals surface area contributed by atoms with Crippen molar-refractivity contribution < 1.29 is 13.5 Å². The molecule has 1 aromatic rings. The molecule has 1 fully saturated rings. The zero-order chi connectivity index (χ0) is 16.9. The van der Waals surface area contributed by atoms with Crippen molar-refractivity contribution in [3.63, 3.8) is 0 Å². The fourth-order valence-corrected chi connectivity index (χ4v) is 4.19. The molecule has 3 unspecified atom stereocenters. The Balaban J connectivity index is 1.87. The summed E-state index contributed by atoms with van der Waals surface area (Å²) in [6.07, 6.45) is 0.424. The van der Waals surface area contributed by atoms with Crippen LogP contribution in [0.25, 0.3) is 0 Å². The monoisotopic (exact) mass is 340 g/mol. The molecule has 2 rings (SSSR count). The number of likely N-dealkylation sites (tertiary alicyclic amines) is 1. The van der Waals surface area contributed by atoms with Crippen LogP contribution >= 0.6 is 0 Å². The fraction of sp³-hybridized carbons (Fsp3) is 0.647. The number of rotatable bonds is 8. The summed E-state index contributed by atoms with van der Waals surface area (Å²) in [5, 5.41) is 13.3. The summed E-state index contributed by atoms with van der Waals surface area (Å²) < 4.78 is 23.3. The van der Waals surface area contributed by atoms with Gasteiger partial charge in [-0.05, 0) is 18.9 Å². The van der Waals surface area contributed by atoms with Gasteiger partial charge >= 0.3 is 0 Å². The zero-order valence-electron chi connectivity index (χ0n) is 14.0. The van der Waals surface area contributed by atoms with Crippen LogP contribution in [0.3, 0.4) is 0 Å². The molecule has 0 aliphatic carbocycles. The summed E-state index contributed by atoms with van der Waals surface area (Å²) in [6.45, 7) is 5.76. The molecule has 23 heavy (non-hydrogen) atoms. The van der Waals surface area contributed by atoms with Gasteiger partial charge in [0.2, 0.25) is 0 Å². The third kappa shape index (κ3) is 5.88. The summed E-state index contributed by atoms with van der Waals surface area (Å²) in [6, 6.07) is 10.4. The Morgan fingerprint density at radius 1 is 1.35 bits per heavy atom. The SMILES string of the molecule is CCS(=O)(=O)CC(C)NCC1CC(O)CN1Cc1ccccc1. The van der Waals surface area contributed by atoms with E-state index < -0.39 is 9.84 Å². The predicted octanol–water partition coefficient (Wildman–Crippen LogP) is 1.03. The molecule has 6 heteroatoms. The van der Waals surface area contributed by atoms with E-state index in [4.69, 9.17) is 0 Å². The van der Waals surface area contributed by atoms with E-state index in [1.807, 2.05) is 25.1 Å². The van der Waals surface area contributed by atoms with Crippen LogP contribution in [0.15, 0.2) is 30.3 Å². The molecule has 1 aromatic carbocycles. The number of hydrogen-bond acceptors (Lipinski definition) is 5. The number of nitrogens with one attached hydrogen (secondary N) is 1. The van der Waals surface area contributed by atoms with E-state index >= 15 is 0 Å². The standard InChI is InChI=1S/C17H28N2O3S/c1-3-23(21,22)13-14(2)18-10-16-9-17(20)12-19(16)11-15-7-5-4-6-8-15/h4-8,14,16-18,20H,3,9-13H2,1-2H3. The topological polar surface area (TPSA) is 69.6 Å². The van der Waals surface area contributed by atoms with Crippen LogP contribution in [0.2, 0.25) is 0 Å². The van der Waals surface area contributed by atoms with Gasteiger partial charge in [0.1, 0.15) is 0 Å². The van der Waals surface area contributed by atoms with Crippen molar-refractivity contribution in [1.82, 2.24) is 10.2 Å². The summed E-state index contributed by atoms with van der Waals surface area (Å²) in [5.41, 5.74) is 1.23. The number of sulfone groups is 1. The molecule has 2 N–H and O–H groups in total. The van der Waals surface area contributed by atoms with Crippen LogP contribution in [0.5, 0.6) is 0 Å². The van der Waals surface area contributed by atoms with E-state index in [1.165, 1.54) is 5.56 Å². The van der Waals surface area contributed by atoms with Gasteiger partial charge in [-0.1, -0.05) is 37.3 Å². The first-order valence-electron chi connectivity index (χ1n) is 8.29. The minimum absolute atomic E-state index is 0.0729.